The van der Waals surface area contributed by atoms with Gasteiger partial charge >= 0.3 is 0 Å². The molecule has 2 rings (SSSR count). The molecule has 0 spiro atoms. The Labute approximate surface area is 126 Å². The Bertz CT molecular complexity index is 359. The summed E-state index contributed by atoms with van der Waals surface area (Å²) in [5.74, 6) is 0.815. The highest BCUT2D eigenvalue weighted by Crippen LogP contribution is 2.33. The first kappa shape index (κ1) is 15.6. The second kappa shape index (κ2) is 8.49. The van der Waals surface area contributed by atoms with E-state index >= 15 is 0 Å². The van der Waals surface area contributed by atoms with Crippen LogP contribution >= 0.6 is 0 Å². The van der Waals surface area contributed by atoms with Crippen molar-refractivity contribution in [3.8, 4) is 0 Å². The Kier molecular flexibility index (Phi) is 6.63. The van der Waals surface area contributed by atoms with Gasteiger partial charge in [-0.15, -0.1) is 0 Å². The quantitative estimate of drug-likeness (QED) is 0.534. The molecule has 1 aliphatic rings. The van der Waals surface area contributed by atoms with Crippen molar-refractivity contribution in [1.29, 1.82) is 0 Å². The van der Waals surface area contributed by atoms with E-state index in [1.54, 1.807) is 5.56 Å². The third-order valence-electron chi connectivity index (χ3n) is 5.06. The van der Waals surface area contributed by atoms with E-state index in [9.17, 15) is 0 Å². The van der Waals surface area contributed by atoms with Gasteiger partial charge in [0.15, 0.2) is 0 Å². The summed E-state index contributed by atoms with van der Waals surface area (Å²) < 4.78 is 0. The molecule has 1 aromatic carbocycles. The van der Waals surface area contributed by atoms with Gasteiger partial charge in [-0.2, -0.15) is 0 Å². The zero-order valence-corrected chi connectivity index (χ0v) is 13.6. The minimum absolute atomic E-state index is 0.815. The number of hydrogen-bond donors (Lipinski definition) is 0. The summed E-state index contributed by atoms with van der Waals surface area (Å²) in [6.45, 7) is 4.61. The molecule has 0 aliphatic heterocycles. The smallest absolute Gasteiger partial charge is 0.0157 e. The lowest BCUT2D eigenvalue weighted by Crippen LogP contribution is -2.05. The third-order valence-corrected chi connectivity index (χ3v) is 5.06. The molecule has 1 saturated carbocycles. The van der Waals surface area contributed by atoms with Crippen LogP contribution in [0, 0.1) is 13.8 Å². The van der Waals surface area contributed by atoms with Crippen LogP contribution in [-0.2, 0) is 0 Å². The van der Waals surface area contributed by atoms with Crippen molar-refractivity contribution in [3.05, 3.63) is 34.9 Å². The predicted molar refractivity (Wildman–Crippen MR) is 89.4 cm³/mol. The second-order valence-corrected chi connectivity index (χ2v) is 6.76. The number of benzene rings is 1. The van der Waals surface area contributed by atoms with Crippen molar-refractivity contribution in [2.75, 3.05) is 0 Å². The highest BCUT2D eigenvalue weighted by molar-refractivity contribution is 5.36. The van der Waals surface area contributed by atoms with Crippen LogP contribution in [0.25, 0.3) is 0 Å². The first-order chi connectivity index (χ1) is 9.79. The molecule has 0 heteroatoms. The summed E-state index contributed by atoms with van der Waals surface area (Å²) in [4.78, 5) is 0. The van der Waals surface area contributed by atoms with Gasteiger partial charge in [0.1, 0.15) is 0 Å². The van der Waals surface area contributed by atoms with Crippen LogP contribution in [0.2, 0.25) is 0 Å². The van der Waals surface area contributed by atoms with Gasteiger partial charge in [0.05, 0.1) is 0 Å². The maximum Gasteiger partial charge on any atom is -0.0157 e. The van der Waals surface area contributed by atoms with Gasteiger partial charge in [-0.05, 0) is 49.3 Å². The number of rotatable bonds is 1. The van der Waals surface area contributed by atoms with Crippen LogP contribution in [-0.4, -0.2) is 0 Å². The molecule has 1 aliphatic carbocycles. The van der Waals surface area contributed by atoms with Gasteiger partial charge in [-0.1, -0.05) is 76.0 Å². The molecule has 0 amide bonds. The Morgan fingerprint density at radius 3 is 1.50 bits per heavy atom. The molecule has 20 heavy (non-hydrogen) atoms. The van der Waals surface area contributed by atoms with E-state index in [0.29, 0.717) is 0 Å². The molecule has 1 aromatic rings. The summed E-state index contributed by atoms with van der Waals surface area (Å²) in [7, 11) is 0. The molecule has 0 radical (unpaired) electrons. The summed E-state index contributed by atoms with van der Waals surface area (Å²) >= 11 is 0. The van der Waals surface area contributed by atoms with E-state index in [1.807, 2.05) is 0 Å². The predicted octanol–water partition coefficient (Wildman–Crippen LogP) is 6.69. The van der Waals surface area contributed by atoms with Crippen LogP contribution in [0.15, 0.2) is 18.2 Å². The zero-order chi connectivity index (χ0) is 14.2. The lowest BCUT2D eigenvalue weighted by Gasteiger charge is -2.22. The fourth-order valence-electron chi connectivity index (χ4n) is 3.92. The van der Waals surface area contributed by atoms with Crippen molar-refractivity contribution in [2.24, 2.45) is 0 Å². The van der Waals surface area contributed by atoms with Gasteiger partial charge in [0.25, 0.3) is 0 Å². The summed E-state index contributed by atoms with van der Waals surface area (Å²) in [5.41, 5.74) is 4.70. The molecule has 112 valence electrons. The van der Waals surface area contributed by atoms with Crippen molar-refractivity contribution in [3.63, 3.8) is 0 Å². The molecular formula is C20H32. The van der Waals surface area contributed by atoms with Crippen LogP contribution in [0.5, 0.6) is 0 Å². The van der Waals surface area contributed by atoms with Crippen LogP contribution < -0.4 is 0 Å². The largest absolute Gasteiger partial charge is 0.0617 e. The molecule has 0 nitrogen and oxygen atoms in total. The Balaban J connectivity index is 2.05. The molecule has 0 atom stereocenters. The van der Waals surface area contributed by atoms with E-state index < -0.39 is 0 Å². The van der Waals surface area contributed by atoms with Crippen molar-refractivity contribution < 1.29 is 0 Å². The van der Waals surface area contributed by atoms with Crippen molar-refractivity contribution >= 4 is 0 Å². The topological polar surface area (TPSA) is 0 Å². The van der Waals surface area contributed by atoms with Crippen molar-refractivity contribution in [2.45, 2.75) is 90.4 Å². The SMILES string of the molecule is Cc1cccc(C)c1C1CCCCCCCCCCC1. The van der Waals surface area contributed by atoms with Crippen LogP contribution in [0.4, 0.5) is 0 Å². The summed E-state index contributed by atoms with van der Waals surface area (Å²) in [6.07, 6.45) is 15.9. The average molecular weight is 272 g/mol. The van der Waals surface area contributed by atoms with Gasteiger partial charge in [0.2, 0.25) is 0 Å². The third kappa shape index (κ3) is 4.65. The first-order valence-corrected chi connectivity index (χ1v) is 8.85. The number of aryl methyl sites for hydroxylation is 2. The van der Waals surface area contributed by atoms with E-state index in [1.165, 1.54) is 81.8 Å². The van der Waals surface area contributed by atoms with Gasteiger partial charge < -0.3 is 0 Å². The van der Waals surface area contributed by atoms with Gasteiger partial charge in [0, 0.05) is 0 Å². The van der Waals surface area contributed by atoms with Crippen molar-refractivity contribution in [1.82, 2.24) is 0 Å². The van der Waals surface area contributed by atoms with Gasteiger partial charge in [-0.3, -0.25) is 0 Å². The lowest BCUT2D eigenvalue weighted by atomic mass is 9.83. The standard InChI is InChI=1S/C20H32/c1-17-13-12-14-18(2)20(17)19-15-10-8-6-4-3-5-7-9-11-16-19/h12-14,19H,3-11,15-16H2,1-2H3. The lowest BCUT2D eigenvalue weighted by molar-refractivity contribution is 0.465. The molecule has 0 heterocycles. The van der Waals surface area contributed by atoms with E-state index in [-0.39, 0.29) is 0 Å². The molecule has 0 aromatic heterocycles. The fraction of sp³-hybridized carbons (Fsp3) is 0.700. The normalized spacial score (nSPS) is 20.1. The Morgan fingerprint density at radius 1 is 0.650 bits per heavy atom. The zero-order valence-electron chi connectivity index (χ0n) is 13.6. The van der Waals surface area contributed by atoms with E-state index in [2.05, 4.69) is 32.0 Å². The van der Waals surface area contributed by atoms with E-state index in [0.717, 1.165) is 5.92 Å². The second-order valence-electron chi connectivity index (χ2n) is 6.76. The summed E-state index contributed by atoms with van der Waals surface area (Å²) in [5, 5.41) is 0. The molecular weight excluding hydrogens is 240 g/mol. The Hall–Kier alpha value is -0.780. The minimum Gasteiger partial charge on any atom is -0.0617 e. The van der Waals surface area contributed by atoms with Crippen LogP contribution in [0.3, 0.4) is 0 Å². The van der Waals surface area contributed by atoms with E-state index in [4.69, 9.17) is 0 Å². The monoisotopic (exact) mass is 272 g/mol. The van der Waals surface area contributed by atoms with Gasteiger partial charge in [-0.25, -0.2) is 0 Å². The Morgan fingerprint density at radius 2 is 1.05 bits per heavy atom. The fourth-order valence-corrected chi connectivity index (χ4v) is 3.92. The average Bonchev–Trinajstić information content (AvgIpc) is 2.41. The molecule has 0 unspecified atom stereocenters. The minimum atomic E-state index is 0.815. The highest BCUT2D eigenvalue weighted by atomic mass is 14.2. The maximum atomic E-state index is 2.30. The molecule has 1 fully saturated rings. The molecule has 0 bridgehead atoms. The number of hydrogen-bond acceptors (Lipinski definition) is 0. The highest BCUT2D eigenvalue weighted by Gasteiger charge is 2.15. The van der Waals surface area contributed by atoms with Crippen LogP contribution in [0.1, 0.15) is 93.2 Å². The molecule has 0 N–H and O–H groups in total. The first-order valence-electron chi connectivity index (χ1n) is 8.85. The molecule has 0 saturated heterocycles. The summed E-state index contributed by atoms with van der Waals surface area (Å²) in [6, 6.07) is 6.82. The maximum absolute atomic E-state index is 2.30.